The first kappa shape index (κ1) is 47.0. The molecule has 0 unspecified atom stereocenters. The van der Waals surface area contributed by atoms with Gasteiger partial charge in [0, 0.05) is 64.0 Å². The van der Waals surface area contributed by atoms with Gasteiger partial charge in [-0.05, 0) is 70.1 Å². The molecule has 3 N–H and O–H groups in total. The predicted octanol–water partition coefficient (Wildman–Crippen LogP) is 8.29. The molecule has 0 aliphatic rings. The maximum absolute atomic E-state index is 13.0. The van der Waals surface area contributed by atoms with E-state index < -0.39 is 21.3 Å². The lowest BCUT2D eigenvalue weighted by atomic mass is 10.1. The summed E-state index contributed by atoms with van der Waals surface area (Å²) in [6.45, 7) is 9.34. The molecule has 2 aromatic carbocycles. The highest BCUT2D eigenvalue weighted by molar-refractivity contribution is 6.76. The molecule has 8 aromatic rings. The molecule has 0 radical (unpaired) electrons. The van der Waals surface area contributed by atoms with E-state index >= 15 is 0 Å². The van der Waals surface area contributed by atoms with E-state index in [4.69, 9.17) is 9.72 Å². The lowest BCUT2D eigenvalue weighted by Gasteiger charge is -2.15. The lowest BCUT2D eigenvalue weighted by Crippen LogP contribution is -2.30. The number of H-pyrrole nitrogens is 1. The van der Waals surface area contributed by atoms with Crippen LogP contribution in [0.4, 0.5) is 17.6 Å². The van der Waals surface area contributed by atoms with Crippen LogP contribution < -0.4 is 20.1 Å². The number of alkyl halides is 4. The van der Waals surface area contributed by atoms with E-state index in [2.05, 4.69) is 69.9 Å². The molecule has 0 saturated heterocycles. The molecule has 6 heterocycles. The minimum Gasteiger partial charge on any atom is -0.435 e. The molecule has 66 heavy (non-hydrogen) atoms. The third-order valence-electron chi connectivity index (χ3n) is 10.1. The fourth-order valence-corrected chi connectivity index (χ4v) is 7.81. The number of carbonyl (C=O) groups is 2. The largest absolute Gasteiger partial charge is 0.435 e. The second-order valence-electron chi connectivity index (χ2n) is 17.3. The molecule has 0 spiro atoms. The molecule has 348 valence electrons. The van der Waals surface area contributed by atoms with E-state index in [1.807, 2.05) is 27.7 Å². The molecule has 0 bridgehead atoms. The Balaban J connectivity index is 0.000000202. The smallest absolute Gasteiger partial charge is 0.387 e. The number of nitrogens with one attached hydrogen (secondary N) is 3. The Hall–Kier alpha value is -6.94. The fraction of sp³-hybridized carbons (Fsp3) is 0.364. The number of aromatic amines is 1. The minimum atomic E-state index is -2.94. The summed E-state index contributed by atoms with van der Waals surface area (Å²) in [6.07, 6.45) is 6.34. The zero-order valence-corrected chi connectivity index (χ0v) is 38.8. The molecule has 0 fully saturated rings. The van der Waals surface area contributed by atoms with Crippen molar-refractivity contribution >= 4 is 64.0 Å². The number of aryl methyl sites for hydroxylation is 2. The Morgan fingerprint density at radius 1 is 0.742 bits per heavy atom. The van der Waals surface area contributed by atoms with Gasteiger partial charge in [0.2, 0.25) is 0 Å². The van der Waals surface area contributed by atoms with E-state index in [9.17, 15) is 27.2 Å². The van der Waals surface area contributed by atoms with Gasteiger partial charge in [0.05, 0.1) is 34.6 Å². The van der Waals surface area contributed by atoms with Crippen molar-refractivity contribution in [3.63, 3.8) is 0 Å². The van der Waals surface area contributed by atoms with Crippen LogP contribution in [0.25, 0.3) is 66.9 Å². The zero-order valence-electron chi connectivity index (χ0n) is 37.8. The molecular formula is C44H50F4N12O5Si. The van der Waals surface area contributed by atoms with Gasteiger partial charge in [-0.3, -0.25) is 19.0 Å². The highest BCUT2D eigenvalue weighted by Crippen LogP contribution is 2.33. The average Bonchev–Trinajstić information content (AvgIpc) is 4.00. The van der Waals surface area contributed by atoms with Crippen LogP contribution in [0, 0.1) is 0 Å². The molecule has 6 aromatic heterocycles. The van der Waals surface area contributed by atoms with E-state index in [1.165, 1.54) is 30.5 Å². The van der Waals surface area contributed by atoms with Gasteiger partial charge in [0.1, 0.15) is 52.0 Å². The number of hydrogen-bond acceptors (Lipinski definition) is 11. The van der Waals surface area contributed by atoms with Gasteiger partial charge < -0.3 is 34.4 Å². The number of halogens is 4. The van der Waals surface area contributed by atoms with Crippen LogP contribution in [0.3, 0.4) is 0 Å². The maximum atomic E-state index is 13.0. The topological polar surface area (TPSA) is 194 Å². The summed E-state index contributed by atoms with van der Waals surface area (Å²) in [5, 5.41) is 15.9. The Labute approximate surface area is 376 Å². The summed E-state index contributed by atoms with van der Waals surface area (Å²) in [7, 11) is 2.25. The predicted molar refractivity (Wildman–Crippen MR) is 243 cm³/mol. The second-order valence-corrected chi connectivity index (χ2v) is 22.9. The zero-order chi connectivity index (χ0) is 47.6. The number of amides is 2. The molecule has 0 atom stereocenters. The average molecular weight is 931 g/mol. The van der Waals surface area contributed by atoms with Crippen LogP contribution in [0.15, 0.2) is 61.2 Å². The van der Waals surface area contributed by atoms with Gasteiger partial charge in [0.25, 0.3) is 11.8 Å². The van der Waals surface area contributed by atoms with Crippen molar-refractivity contribution < 1.29 is 41.4 Å². The summed E-state index contributed by atoms with van der Waals surface area (Å²) >= 11 is 0. The maximum Gasteiger partial charge on any atom is 0.387 e. The second kappa shape index (κ2) is 19.3. The van der Waals surface area contributed by atoms with Gasteiger partial charge >= 0.3 is 13.2 Å². The highest BCUT2D eigenvalue weighted by Gasteiger charge is 2.23. The van der Waals surface area contributed by atoms with E-state index in [-0.39, 0.29) is 42.1 Å². The number of rotatable bonds is 15. The Morgan fingerprint density at radius 3 is 1.77 bits per heavy atom. The van der Waals surface area contributed by atoms with Crippen molar-refractivity contribution in [3.05, 3.63) is 72.3 Å². The number of fused-ring (bicyclic) bond motifs is 4. The fourth-order valence-electron chi connectivity index (χ4n) is 7.05. The first-order valence-electron chi connectivity index (χ1n) is 21.0. The van der Waals surface area contributed by atoms with Gasteiger partial charge in [-0.2, -0.15) is 27.8 Å². The number of carbonyl (C=O) groups excluding carboxylic acids is 2. The van der Waals surface area contributed by atoms with Crippen molar-refractivity contribution in [1.82, 2.24) is 59.7 Å². The quantitative estimate of drug-likeness (QED) is 0.0509. The summed E-state index contributed by atoms with van der Waals surface area (Å²) in [5.74, 6) is -0.499. The van der Waals surface area contributed by atoms with Crippen LogP contribution in [0.1, 0.15) is 48.4 Å². The van der Waals surface area contributed by atoms with Crippen molar-refractivity contribution in [2.75, 3.05) is 6.61 Å². The van der Waals surface area contributed by atoms with Crippen LogP contribution in [-0.4, -0.2) is 101 Å². The Bertz CT molecular complexity index is 3050. The first-order chi connectivity index (χ1) is 31.3. The molecule has 0 aliphatic heterocycles. The number of ether oxygens (including phenoxy) is 3. The number of benzene rings is 2. The summed E-state index contributed by atoms with van der Waals surface area (Å²) < 4.78 is 70.8. The molecule has 8 rings (SSSR count). The normalized spacial score (nSPS) is 12.0. The Kier molecular flexibility index (Phi) is 13.7. The Morgan fingerprint density at radius 2 is 1.26 bits per heavy atom. The van der Waals surface area contributed by atoms with Crippen molar-refractivity contribution in [2.24, 2.45) is 14.1 Å². The monoisotopic (exact) mass is 930 g/mol. The molecule has 0 aliphatic carbocycles. The molecule has 17 nitrogen and oxygen atoms in total. The number of nitrogens with zero attached hydrogens (tertiary/aromatic N) is 9. The standard InChI is InChI=1S/C25H32F2N6O3Si.C19H18F2N6O2/c1-15(2)29-24(34)18-13-33(14-35-9-10-37(4,5)6)23-22(18)30-19(12-28-23)21-17-11-16(36-25(26)27)7-8-20(17)32(3)31-21;1-9(2)24-18(28)12-7-22-17-16(12)25-13(8-23-17)15-11-6-10(29-19(20)21)4-5-14(11)27(3)26-15/h7-8,11-13,15,25H,9-10,14H2,1-6H3,(H,29,34);4-9,19H,1-3H3,(H,22,23)(H,24,28). The highest BCUT2D eigenvalue weighted by atomic mass is 28.3. The van der Waals surface area contributed by atoms with Crippen LogP contribution in [-0.2, 0) is 25.6 Å². The van der Waals surface area contributed by atoms with E-state index in [1.54, 1.807) is 58.7 Å². The first-order valence-corrected chi connectivity index (χ1v) is 24.7. The van der Waals surface area contributed by atoms with E-state index in [0.29, 0.717) is 79.1 Å². The number of aromatic nitrogens is 10. The van der Waals surface area contributed by atoms with Gasteiger partial charge in [-0.15, -0.1) is 0 Å². The van der Waals surface area contributed by atoms with Crippen LogP contribution in [0.5, 0.6) is 11.5 Å². The summed E-state index contributed by atoms with van der Waals surface area (Å²) in [4.78, 5) is 46.6. The van der Waals surface area contributed by atoms with Crippen LogP contribution in [0.2, 0.25) is 25.7 Å². The van der Waals surface area contributed by atoms with Crippen LogP contribution >= 0.6 is 0 Å². The van der Waals surface area contributed by atoms with Crippen molar-refractivity contribution in [3.8, 4) is 34.3 Å². The number of hydrogen-bond donors (Lipinski definition) is 3. The SMILES string of the molecule is CC(C)NC(=O)c1c[nH]c2ncc(-c3nn(C)c4ccc(OC(F)F)cc34)nc12.CC(C)NC(=O)c1cn(COCC[Si](C)(C)C)c2ncc(-c3nn(C)c4ccc(OC(F)F)cc34)nc12. The van der Waals surface area contributed by atoms with E-state index in [0.717, 1.165) is 11.6 Å². The van der Waals surface area contributed by atoms with Crippen molar-refractivity contribution in [2.45, 2.75) is 85.4 Å². The van der Waals surface area contributed by atoms with Crippen molar-refractivity contribution in [1.29, 1.82) is 0 Å². The molecule has 22 heteroatoms. The lowest BCUT2D eigenvalue weighted by molar-refractivity contribution is -0.0504. The molecule has 2 amide bonds. The molecule has 0 saturated carbocycles. The third kappa shape index (κ3) is 10.6. The van der Waals surface area contributed by atoms with Gasteiger partial charge in [-0.25, -0.2) is 19.9 Å². The summed E-state index contributed by atoms with van der Waals surface area (Å²) in [6, 6.07) is 10.1. The van der Waals surface area contributed by atoms with Gasteiger partial charge in [0.15, 0.2) is 11.3 Å². The molecular weight excluding hydrogens is 881 g/mol. The third-order valence-corrected chi connectivity index (χ3v) is 11.8. The minimum absolute atomic E-state index is 0.0180. The van der Waals surface area contributed by atoms with Gasteiger partial charge in [-0.1, -0.05) is 19.6 Å². The summed E-state index contributed by atoms with van der Waals surface area (Å²) in [5.41, 5.74) is 5.66.